The molecule has 0 amide bonds. The Bertz CT molecular complexity index is 319. The van der Waals surface area contributed by atoms with Gasteiger partial charge in [-0.1, -0.05) is 13.8 Å². The molecule has 0 saturated heterocycles. The molecule has 2 rings (SSSR count). The van der Waals surface area contributed by atoms with Crippen LogP contribution in [0.5, 0.6) is 0 Å². The molecule has 0 bridgehead atoms. The second-order valence-corrected chi connectivity index (χ2v) is 3.36. The highest BCUT2D eigenvalue weighted by atomic mass is 14.8. The summed E-state index contributed by atoms with van der Waals surface area (Å²) in [6.45, 7) is 4.39. The summed E-state index contributed by atoms with van der Waals surface area (Å²) < 4.78 is 0. The first kappa shape index (κ1) is 7.35. The van der Waals surface area contributed by atoms with Gasteiger partial charge in [-0.3, -0.25) is 0 Å². The molecule has 2 heteroatoms. The standard InChI is InChI=1S/C10H12N2/c1-7(2)8-3-9-5-11-6-12-10(9)4-8/h3-7H,1-2H3,(H,11,12). The van der Waals surface area contributed by atoms with Gasteiger partial charge in [0.05, 0.1) is 6.33 Å². The number of aromatic nitrogens is 2. The van der Waals surface area contributed by atoms with Gasteiger partial charge in [0.2, 0.25) is 0 Å². The molecule has 62 valence electrons. The predicted molar refractivity (Wildman–Crippen MR) is 49.3 cm³/mol. The van der Waals surface area contributed by atoms with Gasteiger partial charge in [0.15, 0.2) is 0 Å². The topological polar surface area (TPSA) is 28.7 Å². The summed E-state index contributed by atoms with van der Waals surface area (Å²) in [6.07, 6.45) is 3.60. The molecular weight excluding hydrogens is 148 g/mol. The van der Waals surface area contributed by atoms with E-state index in [1.54, 1.807) is 6.33 Å². The summed E-state index contributed by atoms with van der Waals surface area (Å²) in [4.78, 5) is 7.14. The van der Waals surface area contributed by atoms with E-state index in [9.17, 15) is 0 Å². The molecule has 0 spiro atoms. The van der Waals surface area contributed by atoms with E-state index in [4.69, 9.17) is 0 Å². The quantitative estimate of drug-likeness (QED) is 0.682. The van der Waals surface area contributed by atoms with Crippen molar-refractivity contribution in [3.05, 3.63) is 30.2 Å². The zero-order valence-corrected chi connectivity index (χ0v) is 7.33. The van der Waals surface area contributed by atoms with Crippen molar-refractivity contribution in [3.8, 4) is 11.3 Å². The minimum absolute atomic E-state index is 0.589. The number of fused-ring (bicyclic) bond motifs is 1. The number of rotatable bonds is 1. The van der Waals surface area contributed by atoms with E-state index < -0.39 is 0 Å². The van der Waals surface area contributed by atoms with Crippen molar-refractivity contribution in [1.29, 1.82) is 0 Å². The van der Waals surface area contributed by atoms with Crippen LogP contribution in [0.1, 0.15) is 25.3 Å². The summed E-state index contributed by atoms with van der Waals surface area (Å²) >= 11 is 0. The minimum atomic E-state index is 0.589. The lowest BCUT2D eigenvalue weighted by atomic mass is 10.1. The average Bonchev–Trinajstić information content (AvgIpc) is 2.46. The van der Waals surface area contributed by atoms with Gasteiger partial charge in [-0.05, 0) is 23.6 Å². The van der Waals surface area contributed by atoms with Crippen LogP contribution in [0.2, 0.25) is 0 Å². The molecule has 2 nitrogen and oxygen atoms in total. The molecule has 1 heterocycles. The summed E-state index contributed by atoms with van der Waals surface area (Å²) in [5.74, 6) is 0.589. The highest BCUT2D eigenvalue weighted by Gasteiger charge is 2.08. The summed E-state index contributed by atoms with van der Waals surface area (Å²) in [7, 11) is 0. The van der Waals surface area contributed by atoms with Gasteiger partial charge < -0.3 is 4.98 Å². The number of aromatic amines is 1. The van der Waals surface area contributed by atoms with Gasteiger partial charge in [0.1, 0.15) is 0 Å². The van der Waals surface area contributed by atoms with E-state index in [2.05, 4.69) is 35.9 Å². The number of hydrogen-bond acceptors (Lipinski definition) is 1. The maximum atomic E-state index is 4.03. The SMILES string of the molecule is CC(C)c1cc2cnc[nH]c-2c1. The third kappa shape index (κ3) is 1.09. The first-order chi connectivity index (χ1) is 5.77. The predicted octanol–water partition coefficient (Wildman–Crippen LogP) is 2.64. The van der Waals surface area contributed by atoms with E-state index in [1.165, 1.54) is 16.8 Å². The Labute approximate surface area is 72.0 Å². The molecule has 0 atom stereocenters. The number of H-pyrrole nitrogens is 1. The summed E-state index contributed by atoms with van der Waals surface area (Å²) in [5.41, 5.74) is 3.74. The van der Waals surface area contributed by atoms with Gasteiger partial charge in [0, 0.05) is 17.5 Å². The summed E-state index contributed by atoms with van der Waals surface area (Å²) in [6, 6.07) is 4.37. The molecule has 12 heavy (non-hydrogen) atoms. The Balaban J connectivity index is 2.56. The van der Waals surface area contributed by atoms with Crippen molar-refractivity contribution < 1.29 is 0 Å². The molecule has 0 radical (unpaired) electrons. The van der Waals surface area contributed by atoms with E-state index >= 15 is 0 Å². The minimum Gasteiger partial charge on any atom is -0.346 e. The third-order valence-corrected chi connectivity index (χ3v) is 2.12. The largest absolute Gasteiger partial charge is 0.346 e. The summed E-state index contributed by atoms with van der Waals surface area (Å²) in [5, 5.41) is 0. The Hall–Kier alpha value is -1.31. The van der Waals surface area contributed by atoms with E-state index in [1.807, 2.05) is 6.20 Å². The van der Waals surface area contributed by atoms with Gasteiger partial charge in [-0.25, -0.2) is 4.98 Å². The maximum Gasteiger partial charge on any atom is 0.0923 e. The van der Waals surface area contributed by atoms with Gasteiger partial charge >= 0.3 is 0 Å². The van der Waals surface area contributed by atoms with Crippen LogP contribution in [-0.2, 0) is 0 Å². The van der Waals surface area contributed by atoms with Gasteiger partial charge in [-0.15, -0.1) is 0 Å². The molecule has 0 saturated carbocycles. The first-order valence-corrected chi connectivity index (χ1v) is 4.19. The highest BCUT2D eigenvalue weighted by molar-refractivity contribution is 5.63. The fourth-order valence-electron chi connectivity index (χ4n) is 1.34. The van der Waals surface area contributed by atoms with Crippen LogP contribution in [0.3, 0.4) is 0 Å². The Morgan fingerprint density at radius 1 is 1.33 bits per heavy atom. The zero-order chi connectivity index (χ0) is 8.55. The van der Waals surface area contributed by atoms with Crippen LogP contribution < -0.4 is 0 Å². The third-order valence-electron chi connectivity index (χ3n) is 2.12. The van der Waals surface area contributed by atoms with Gasteiger partial charge in [0.25, 0.3) is 0 Å². The van der Waals surface area contributed by atoms with Crippen molar-refractivity contribution in [2.75, 3.05) is 0 Å². The van der Waals surface area contributed by atoms with Crippen LogP contribution in [0.25, 0.3) is 11.3 Å². The van der Waals surface area contributed by atoms with Gasteiger partial charge in [-0.2, -0.15) is 0 Å². The molecule has 1 N–H and O–H groups in total. The maximum absolute atomic E-state index is 4.03. The Morgan fingerprint density at radius 2 is 2.17 bits per heavy atom. The number of hydrogen-bond donors (Lipinski definition) is 1. The molecule has 0 aromatic carbocycles. The van der Waals surface area contributed by atoms with Crippen molar-refractivity contribution in [2.24, 2.45) is 0 Å². The fraction of sp³-hybridized carbons (Fsp3) is 0.300. The average molecular weight is 160 g/mol. The van der Waals surface area contributed by atoms with Crippen LogP contribution in [0.4, 0.5) is 0 Å². The molecule has 0 aromatic rings. The van der Waals surface area contributed by atoms with E-state index in [0.29, 0.717) is 5.92 Å². The molecule has 0 aromatic heterocycles. The Morgan fingerprint density at radius 3 is 2.83 bits per heavy atom. The van der Waals surface area contributed by atoms with Crippen molar-refractivity contribution in [3.63, 3.8) is 0 Å². The molecule has 2 aliphatic rings. The molecular formula is C10H12N2. The zero-order valence-electron chi connectivity index (χ0n) is 7.33. The Kier molecular flexibility index (Phi) is 1.61. The monoisotopic (exact) mass is 160 g/mol. The first-order valence-electron chi connectivity index (χ1n) is 4.19. The fourth-order valence-corrected chi connectivity index (χ4v) is 1.34. The van der Waals surface area contributed by atoms with E-state index in [-0.39, 0.29) is 0 Å². The molecule has 0 fully saturated rings. The molecule has 0 unspecified atom stereocenters. The second kappa shape index (κ2) is 2.63. The number of nitrogens with zero attached hydrogens (tertiary/aromatic N) is 1. The smallest absolute Gasteiger partial charge is 0.0923 e. The molecule has 1 aliphatic heterocycles. The van der Waals surface area contributed by atoms with Crippen LogP contribution >= 0.6 is 0 Å². The van der Waals surface area contributed by atoms with Crippen LogP contribution in [0.15, 0.2) is 24.7 Å². The van der Waals surface area contributed by atoms with Crippen LogP contribution in [-0.4, -0.2) is 9.97 Å². The normalized spacial score (nSPS) is 11.2. The number of nitrogens with one attached hydrogen (secondary N) is 1. The lowest BCUT2D eigenvalue weighted by Crippen LogP contribution is -1.80. The second-order valence-electron chi connectivity index (χ2n) is 3.36. The van der Waals surface area contributed by atoms with Crippen LogP contribution in [0, 0.1) is 0 Å². The lowest BCUT2D eigenvalue weighted by molar-refractivity contribution is 0.872. The van der Waals surface area contributed by atoms with Crippen molar-refractivity contribution in [2.45, 2.75) is 19.8 Å². The van der Waals surface area contributed by atoms with E-state index in [0.717, 1.165) is 0 Å². The highest BCUT2D eigenvalue weighted by Crippen LogP contribution is 2.26. The lowest BCUT2D eigenvalue weighted by Gasteiger charge is -1.96. The van der Waals surface area contributed by atoms with Crippen molar-refractivity contribution in [1.82, 2.24) is 9.97 Å². The molecule has 1 aliphatic carbocycles. The van der Waals surface area contributed by atoms with Crippen molar-refractivity contribution >= 4 is 0 Å².